The van der Waals surface area contributed by atoms with E-state index in [2.05, 4.69) is 21.9 Å². The van der Waals surface area contributed by atoms with Crippen LogP contribution in [0.5, 0.6) is 0 Å². The summed E-state index contributed by atoms with van der Waals surface area (Å²) in [5.41, 5.74) is 7.73. The number of carboxylic acids is 1. The van der Waals surface area contributed by atoms with Gasteiger partial charge in [0.15, 0.2) is 0 Å². The first-order chi connectivity index (χ1) is 9.13. The quantitative estimate of drug-likeness (QED) is 0.771. The van der Waals surface area contributed by atoms with Crippen LogP contribution in [0.1, 0.15) is 12.0 Å². The van der Waals surface area contributed by atoms with Crippen LogP contribution < -0.4 is 5.73 Å². The average Bonchev–Trinajstić information content (AvgIpc) is 2.40. The van der Waals surface area contributed by atoms with E-state index in [9.17, 15) is 4.79 Å². The molecule has 1 saturated heterocycles. The first-order valence-electron chi connectivity index (χ1n) is 6.64. The Morgan fingerprint density at radius 2 is 1.68 bits per heavy atom. The lowest BCUT2D eigenvalue weighted by Gasteiger charge is -2.34. The molecule has 2 rings (SSSR count). The van der Waals surface area contributed by atoms with E-state index in [-0.39, 0.29) is 6.42 Å². The molecular formula is C14H21N3O2. The molecule has 0 amide bonds. The smallest absolute Gasteiger partial charge is 0.304 e. The largest absolute Gasteiger partial charge is 0.481 e. The van der Waals surface area contributed by atoms with Crippen molar-refractivity contribution in [1.82, 2.24) is 9.80 Å². The van der Waals surface area contributed by atoms with Crippen LogP contribution in [0.4, 0.5) is 5.69 Å². The number of nitrogen functional groups attached to an aromatic ring is 1. The Bertz CT molecular complexity index is 411. The maximum absolute atomic E-state index is 10.5. The highest BCUT2D eigenvalue weighted by Crippen LogP contribution is 2.11. The molecular weight excluding hydrogens is 242 g/mol. The molecule has 0 atom stereocenters. The molecule has 1 aromatic carbocycles. The molecule has 1 heterocycles. The molecule has 5 nitrogen and oxygen atoms in total. The van der Waals surface area contributed by atoms with Gasteiger partial charge in [-0.25, -0.2) is 0 Å². The first kappa shape index (κ1) is 13.8. The minimum Gasteiger partial charge on any atom is -0.481 e. The number of nitrogens with zero attached hydrogens (tertiary/aromatic N) is 2. The standard InChI is InChI=1S/C14H21N3O2/c15-13-3-1-12(2-4-13)11-17-9-7-16(8-10-17)6-5-14(18)19/h1-4H,5-11,15H2,(H,18,19). The molecule has 19 heavy (non-hydrogen) atoms. The number of carboxylic acid groups (broad SMARTS) is 1. The van der Waals surface area contributed by atoms with Crippen molar-refractivity contribution in [2.45, 2.75) is 13.0 Å². The van der Waals surface area contributed by atoms with Crippen molar-refractivity contribution < 1.29 is 9.90 Å². The number of anilines is 1. The zero-order valence-electron chi connectivity index (χ0n) is 11.1. The second-order valence-electron chi connectivity index (χ2n) is 5.00. The van der Waals surface area contributed by atoms with Gasteiger partial charge in [-0.15, -0.1) is 0 Å². The molecule has 0 unspecified atom stereocenters. The van der Waals surface area contributed by atoms with E-state index in [0.717, 1.165) is 38.4 Å². The van der Waals surface area contributed by atoms with Crippen molar-refractivity contribution in [3.8, 4) is 0 Å². The molecule has 0 spiro atoms. The van der Waals surface area contributed by atoms with E-state index in [1.165, 1.54) is 5.56 Å². The predicted molar refractivity (Wildman–Crippen MR) is 74.8 cm³/mol. The van der Waals surface area contributed by atoms with Gasteiger partial charge in [-0.1, -0.05) is 12.1 Å². The van der Waals surface area contributed by atoms with Gasteiger partial charge in [0.1, 0.15) is 0 Å². The molecule has 0 aliphatic carbocycles. The summed E-state index contributed by atoms with van der Waals surface area (Å²) in [5.74, 6) is -0.718. The fourth-order valence-electron chi connectivity index (χ4n) is 2.31. The third kappa shape index (κ3) is 4.54. The summed E-state index contributed by atoms with van der Waals surface area (Å²) >= 11 is 0. The molecule has 5 heteroatoms. The van der Waals surface area contributed by atoms with E-state index >= 15 is 0 Å². The van der Waals surface area contributed by atoms with E-state index in [1.54, 1.807) is 0 Å². The third-order valence-corrected chi connectivity index (χ3v) is 3.49. The van der Waals surface area contributed by atoms with Gasteiger partial charge in [0.25, 0.3) is 0 Å². The Morgan fingerprint density at radius 1 is 1.11 bits per heavy atom. The lowest BCUT2D eigenvalue weighted by atomic mass is 10.2. The summed E-state index contributed by atoms with van der Waals surface area (Å²) in [5, 5.41) is 8.67. The molecule has 1 aliphatic rings. The summed E-state index contributed by atoms with van der Waals surface area (Å²) in [6, 6.07) is 7.98. The Kier molecular flexibility index (Phi) is 4.76. The molecule has 1 aromatic rings. The zero-order chi connectivity index (χ0) is 13.7. The Hall–Kier alpha value is -1.59. The van der Waals surface area contributed by atoms with Gasteiger partial charge < -0.3 is 15.7 Å². The average molecular weight is 263 g/mol. The van der Waals surface area contributed by atoms with Gasteiger partial charge in [-0.05, 0) is 17.7 Å². The normalized spacial score (nSPS) is 17.5. The first-order valence-corrected chi connectivity index (χ1v) is 6.64. The topological polar surface area (TPSA) is 69.8 Å². The number of aliphatic carboxylic acids is 1. The lowest BCUT2D eigenvalue weighted by molar-refractivity contribution is -0.137. The fraction of sp³-hybridized carbons (Fsp3) is 0.500. The minimum atomic E-state index is -0.718. The number of benzene rings is 1. The van der Waals surface area contributed by atoms with Crippen molar-refractivity contribution in [2.75, 3.05) is 38.5 Å². The van der Waals surface area contributed by atoms with Crippen LogP contribution in [0.25, 0.3) is 0 Å². The third-order valence-electron chi connectivity index (χ3n) is 3.49. The SMILES string of the molecule is Nc1ccc(CN2CCN(CCC(=O)O)CC2)cc1. The summed E-state index contributed by atoms with van der Waals surface area (Å²) in [4.78, 5) is 15.1. The van der Waals surface area contributed by atoms with Gasteiger partial charge in [0.05, 0.1) is 6.42 Å². The Morgan fingerprint density at radius 3 is 2.26 bits per heavy atom. The Labute approximate surface area is 113 Å². The van der Waals surface area contributed by atoms with Gasteiger partial charge in [-0.2, -0.15) is 0 Å². The number of carbonyl (C=O) groups is 1. The number of nitrogens with two attached hydrogens (primary N) is 1. The number of hydrogen-bond donors (Lipinski definition) is 2. The van der Waals surface area contributed by atoms with Crippen molar-refractivity contribution >= 4 is 11.7 Å². The van der Waals surface area contributed by atoms with E-state index in [0.29, 0.717) is 6.54 Å². The van der Waals surface area contributed by atoms with E-state index in [4.69, 9.17) is 10.8 Å². The van der Waals surface area contributed by atoms with Crippen LogP contribution in [0.15, 0.2) is 24.3 Å². The Balaban J connectivity index is 1.74. The van der Waals surface area contributed by atoms with E-state index in [1.807, 2.05) is 12.1 Å². The zero-order valence-corrected chi connectivity index (χ0v) is 11.1. The highest BCUT2D eigenvalue weighted by Gasteiger charge is 2.17. The predicted octanol–water partition coefficient (Wildman–Crippen LogP) is 0.861. The number of rotatable bonds is 5. The maximum atomic E-state index is 10.5. The molecule has 104 valence electrons. The fourth-order valence-corrected chi connectivity index (χ4v) is 2.31. The maximum Gasteiger partial charge on any atom is 0.304 e. The van der Waals surface area contributed by atoms with Crippen molar-refractivity contribution in [3.05, 3.63) is 29.8 Å². The van der Waals surface area contributed by atoms with Crippen LogP contribution in [0, 0.1) is 0 Å². The summed E-state index contributed by atoms with van der Waals surface area (Å²) in [7, 11) is 0. The van der Waals surface area contributed by atoms with Crippen molar-refractivity contribution in [3.63, 3.8) is 0 Å². The van der Waals surface area contributed by atoms with Gasteiger partial charge in [0.2, 0.25) is 0 Å². The van der Waals surface area contributed by atoms with Gasteiger partial charge in [-0.3, -0.25) is 9.69 Å². The highest BCUT2D eigenvalue weighted by molar-refractivity contribution is 5.66. The second-order valence-corrected chi connectivity index (χ2v) is 5.00. The molecule has 0 aromatic heterocycles. The lowest BCUT2D eigenvalue weighted by Crippen LogP contribution is -2.46. The summed E-state index contributed by atoms with van der Waals surface area (Å²) in [6.07, 6.45) is 0.234. The van der Waals surface area contributed by atoms with Crippen LogP contribution in [-0.4, -0.2) is 53.6 Å². The second kappa shape index (κ2) is 6.54. The molecule has 1 fully saturated rings. The van der Waals surface area contributed by atoms with Crippen LogP contribution in [0.3, 0.4) is 0 Å². The number of piperazine rings is 1. The molecule has 0 bridgehead atoms. The van der Waals surface area contributed by atoms with Crippen LogP contribution in [0.2, 0.25) is 0 Å². The van der Waals surface area contributed by atoms with Gasteiger partial charge >= 0.3 is 5.97 Å². The summed E-state index contributed by atoms with van der Waals surface area (Å²) in [6.45, 7) is 5.47. The van der Waals surface area contributed by atoms with Crippen molar-refractivity contribution in [2.24, 2.45) is 0 Å². The van der Waals surface area contributed by atoms with Gasteiger partial charge in [0, 0.05) is 45.0 Å². The molecule has 3 N–H and O–H groups in total. The monoisotopic (exact) mass is 263 g/mol. The van der Waals surface area contributed by atoms with E-state index < -0.39 is 5.97 Å². The highest BCUT2D eigenvalue weighted by atomic mass is 16.4. The molecule has 1 aliphatic heterocycles. The van der Waals surface area contributed by atoms with Crippen LogP contribution in [-0.2, 0) is 11.3 Å². The van der Waals surface area contributed by atoms with Crippen LogP contribution >= 0.6 is 0 Å². The molecule has 0 radical (unpaired) electrons. The molecule has 0 saturated carbocycles. The van der Waals surface area contributed by atoms with Crippen molar-refractivity contribution in [1.29, 1.82) is 0 Å². The summed E-state index contributed by atoms with van der Waals surface area (Å²) < 4.78 is 0. The minimum absolute atomic E-state index is 0.234. The number of hydrogen-bond acceptors (Lipinski definition) is 4.